The lowest BCUT2D eigenvalue weighted by Gasteiger charge is -2.11. The summed E-state index contributed by atoms with van der Waals surface area (Å²) in [4.78, 5) is 12.1. The summed E-state index contributed by atoms with van der Waals surface area (Å²) in [6.07, 6.45) is 3.26. The van der Waals surface area contributed by atoms with E-state index in [2.05, 4.69) is 0 Å². The summed E-state index contributed by atoms with van der Waals surface area (Å²) in [5.74, 6) is 1.27. The number of aryl methyl sites for hydroxylation is 1. The second kappa shape index (κ2) is 3.41. The quantitative estimate of drug-likeness (QED) is 0.695. The summed E-state index contributed by atoms with van der Waals surface area (Å²) in [5, 5.41) is 0. The van der Waals surface area contributed by atoms with Gasteiger partial charge in [-0.3, -0.25) is 4.79 Å². The summed E-state index contributed by atoms with van der Waals surface area (Å²) in [5.41, 5.74) is 1.25. The second-order valence-corrected chi connectivity index (χ2v) is 5.27. The Morgan fingerprint density at radius 1 is 1.25 bits per heavy atom. The Balaban J connectivity index is 1.85. The SMILES string of the molecule is Cc1ccc(F)c(C(=O)C2CC3CC3C2)c1. The highest BCUT2D eigenvalue weighted by Crippen LogP contribution is 2.55. The molecule has 2 fully saturated rings. The van der Waals surface area contributed by atoms with E-state index in [1.807, 2.05) is 6.92 Å². The Bertz CT molecular complexity index is 442. The first-order valence-electron chi connectivity index (χ1n) is 5.95. The number of carbonyl (C=O) groups excluding carboxylic acids is 1. The van der Waals surface area contributed by atoms with E-state index in [0.29, 0.717) is 5.56 Å². The van der Waals surface area contributed by atoms with Gasteiger partial charge >= 0.3 is 0 Å². The number of benzene rings is 1. The third-order valence-electron chi connectivity index (χ3n) is 4.00. The molecular weight excluding hydrogens is 203 g/mol. The van der Waals surface area contributed by atoms with Gasteiger partial charge in [-0.25, -0.2) is 4.39 Å². The smallest absolute Gasteiger partial charge is 0.168 e. The Morgan fingerprint density at radius 2 is 1.94 bits per heavy atom. The lowest BCUT2D eigenvalue weighted by molar-refractivity contribution is 0.0910. The maximum Gasteiger partial charge on any atom is 0.168 e. The van der Waals surface area contributed by atoms with E-state index in [9.17, 15) is 9.18 Å². The number of halogens is 1. The monoisotopic (exact) mass is 218 g/mol. The van der Waals surface area contributed by atoms with Crippen LogP contribution in [0, 0.1) is 30.5 Å². The standard InChI is InChI=1S/C14H15FO/c1-8-2-3-13(15)12(4-8)14(16)11-6-9-5-10(9)7-11/h2-4,9-11H,5-7H2,1H3. The van der Waals surface area contributed by atoms with Gasteiger partial charge in [0.1, 0.15) is 5.82 Å². The number of rotatable bonds is 2. The molecule has 84 valence electrons. The zero-order chi connectivity index (χ0) is 11.3. The number of ketones is 1. The van der Waals surface area contributed by atoms with E-state index in [1.54, 1.807) is 12.1 Å². The number of hydrogen-bond donors (Lipinski definition) is 0. The van der Waals surface area contributed by atoms with Crippen LogP contribution in [0.2, 0.25) is 0 Å². The summed E-state index contributed by atoms with van der Waals surface area (Å²) in [6, 6.07) is 4.79. The van der Waals surface area contributed by atoms with Gasteiger partial charge in [0.25, 0.3) is 0 Å². The minimum atomic E-state index is -0.365. The number of hydrogen-bond acceptors (Lipinski definition) is 1. The van der Waals surface area contributed by atoms with E-state index >= 15 is 0 Å². The van der Waals surface area contributed by atoms with E-state index in [0.717, 1.165) is 30.2 Å². The van der Waals surface area contributed by atoms with Crippen LogP contribution in [-0.4, -0.2) is 5.78 Å². The molecule has 1 aromatic carbocycles. The van der Waals surface area contributed by atoms with Crippen LogP contribution in [0.5, 0.6) is 0 Å². The molecule has 0 bridgehead atoms. The predicted molar refractivity (Wildman–Crippen MR) is 59.8 cm³/mol. The molecule has 0 aromatic heterocycles. The minimum Gasteiger partial charge on any atom is -0.294 e. The van der Waals surface area contributed by atoms with Gasteiger partial charge in [0, 0.05) is 5.92 Å². The molecule has 2 heteroatoms. The number of carbonyl (C=O) groups is 1. The van der Waals surface area contributed by atoms with Crippen molar-refractivity contribution in [3.05, 3.63) is 35.1 Å². The first-order chi connectivity index (χ1) is 7.65. The van der Waals surface area contributed by atoms with Gasteiger partial charge in [-0.15, -0.1) is 0 Å². The van der Waals surface area contributed by atoms with Crippen molar-refractivity contribution in [3.63, 3.8) is 0 Å². The Hall–Kier alpha value is -1.18. The van der Waals surface area contributed by atoms with Gasteiger partial charge in [-0.2, -0.15) is 0 Å². The second-order valence-electron chi connectivity index (χ2n) is 5.27. The largest absolute Gasteiger partial charge is 0.294 e. The molecule has 1 nitrogen and oxygen atoms in total. The lowest BCUT2D eigenvalue weighted by Crippen LogP contribution is -2.14. The van der Waals surface area contributed by atoms with Gasteiger partial charge in [0.15, 0.2) is 5.78 Å². The van der Waals surface area contributed by atoms with Gasteiger partial charge in [-0.1, -0.05) is 11.6 Å². The fourth-order valence-electron chi connectivity index (χ4n) is 2.98. The van der Waals surface area contributed by atoms with Crippen molar-refractivity contribution in [1.82, 2.24) is 0 Å². The molecule has 0 aliphatic heterocycles. The maximum atomic E-state index is 13.6. The number of fused-ring (bicyclic) bond motifs is 1. The van der Waals surface area contributed by atoms with Crippen LogP contribution in [0.1, 0.15) is 35.2 Å². The van der Waals surface area contributed by atoms with Crippen LogP contribution >= 0.6 is 0 Å². The molecule has 2 unspecified atom stereocenters. The van der Waals surface area contributed by atoms with Gasteiger partial charge in [0.2, 0.25) is 0 Å². The Kier molecular flexibility index (Phi) is 2.13. The Labute approximate surface area is 94.7 Å². The highest BCUT2D eigenvalue weighted by molar-refractivity contribution is 5.98. The normalized spacial score (nSPS) is 31.2. The molecular formula is C14H15FO. The van der Waals surface area contributed by atoms with Crippen molar-refractivity contribution in [2.45, 2.75) is 26.2 Å². The van der Waals surface area contributed by atoms with E-state index < -0.39 is 0 Å². The average molecular weight is 218 g/mol. The number of Topliss-reactive ketones (excluding diaryl/α,β-unsaturated/α-hetero) is 1. The predicted octanol–water partition coefficient (Wildman–Crippen LogP) is 3.36. The molecule has 16 heavy (non-hydrogen) atoms. The molecule has 0 amide bonds. The zero-order valence-corrected chi connectivity index (χ0v) is 9.37. The molecule has 3 rings (SSSR count). The van der Waals surface area contributed by atoms with E-state index in [-0.39, 0.29) is 17.5 Å². The molecule has 0 heterocycles. The van der Waals surface area contributed by atoms with Crippen LogP contribution in [0.4, 0.5) is 4.39 Å². The van der Waals surface area contributed by atoms with Crippen molar-refractivity contribution in [3.8, 4) is 0 Å². The summed E-state index contributed by atoms with van der Waals surface area (Å²) in [6.45, 7) is 1.89. The van der Waals surface area contributed by atoms with Crippen molar-refractivity contribution >= 4 is 5.78 Å². The third-order valence-corrected chi connectivity index (χ3v) is 4.00. The third kappa shape index (κ3) is 1.57. The molecule has 0 radical (unpaired) electrons. The van der Waals surface area contributed by atoms with Crippen molar-refractivity contribution in [2.24, 2.45) is 17.8 Å². The van der Waals surface area contributed by atoms with Gasteiger partial charge in [0.05, 0.1) is 5.56 Å². The average Bonchev–Trinajstić information content (AvgIpc) is 2.88. The van der Waals surface area contributed by atoms with Crippen molar-refractivity contribution < 1.29 is 9.18 Å². The van der Waals surface area contributed by atoms with Crippen molar-refractivity contribution in [2.75, 3.05) is 0 Å². The summed E-state index contributed by atoms with van der Waals surface area (Å²) < 4.78 is 13.6. The fourth-order valence-corrected chi connectivity index (χ4v) is 2.98. The van der Waals surface area contributed by atoms with Crippen molar-refractivity contribution in [1.29, 1.82) is 0 Å². The van der Waals surface area contributed by atoms with Crippen LogP contribution < -0.4 is 0 Å². The molecule has 1 aromatic rings. The highest BCUT2D eigenvalue weighted by atomic mass is 19.1. The van der Waals surface area contributed by atoms with E-state index in [1.165, 1.54) is 12.5 Å². The first-order valence-corrected chi connectivity index (χ1v) is 5.95. The summed E-state index contributed by atoms with van der Waals surface area (Å²) >= 11 is 0. The topological polar surface area (TPSA) is 17.1 Å². The minimum absolute atomic E-state index is 0.0217. The molecule has 2 atom stereocenters. The zero-order valence-electron chi connectivity index (χ0n) is 9.37. The molecule has 0 saturated heterocycles. The molecule has 0 spiro atoms. The van der Waals surface area contributed by atoms with Gasteiger partial charge in [-0.05, 0) is 50.2 Å². The molecule has 2 aliphatic carbocycles. The van der Waals surface area contributed by atoms with E-state index in [4.69, 9.17) is 0 Å². The van der Waals surface area contributed by atoms with Gasteiger partial charge < -0.3 is 0 Å². The van der Waals surface area contributed by atoms with Crippen LogP contribution in [0.25, 0.3) is 0 Å². The molecule has 2 aliphatic rings. The highest BCUT2D eigenvalue weighted by Gasteiger charge is 2.48. The summed E-state index contributed by atoms with van der Waals surface area (Å²) in [7, 11) is 0. The van der Waals surface area contributed by atoms with Crippen LogP contribution in [0.3, 0.4) is 0 Å². The fraction of sp³-hybridized carbons (Fsp3) is 0.500. The van der Waals surface area contributed by atoms with Crippen LogP contribution in [0.15, 0.2) is 18.2 Å². The Morgan fingerprint density at radius 3 is 2.62 bits per heavy atom. The van der Waals surface area contributed by atoms with Crippen LogP contribution in [-0.2, 0) is 0 Å². The first kappa shape index (κ1) is 10.0. The lowest BCUT2D eigenvalue weighted by atomic mass is 9.92. The molecule has 2 saturated carbocycles. The molecule has 0 N–H and O–H groups in total. The maximum absolute atomic E-state index is 13.6.